The fourth-order valence-electron chi connectivity index (χ4n) is 6.40. The van der Waals surface area contributed by atoms with Crippen LogP contribution in [-0.2, 0) is 31.9 Å². The summed E-state index contributed by atoms with van der Waals surface area (Å²) in [7, 11) is 0. The molecule has 42 heavy (non-hydrogen) atoms. The Hall–Kier alpha value is -5.06. The van der Waals surface area contributed by atoms with Gasteiger partial charge in [0.25, 0.3) is 0 Å². The molecular weight excluding hydrogens is 544 g/mol. The van der Waals surface area contributed by atoms with Gasteiger partial charge in [0.15, 0.2) is 34.6 Å². The highest BCUT2D eigenvalue weighted by atomic mass is 16.5. The molecule has 2 aromatic carbocycles. The van der Waals surface area contributed by atoms with Crippen LogP contribution in [0.15, 0.2) is 83.4 Å². The smallest absolute Gasteiger partial charge is 0.182 e. The van der Waals surface area contributed by atoms with Crippen LogP contribution in [0, 0.1) is 0 Å². The third-order valence-corrected chi connectivity index (χ3v) is 8.21. The highest BCUT2D eigenvalue weighted by Gasteiger charge is 2.48. The minimum atomic E-state index is -1.21. The van der Waals surface area contributed by atoms with Gasteiger partial charge in [-0.3, -0.25) is 9.59 Å². The van der Waals surface area contributed by atoms with Gasteiger partial charge in [-0.1, -0.05) is 0 Å². The number of ketones is 2. The van der Waals surface area contributed by atoms with E-state index in [1.54, 1.807) is 12.2 Å². The molecule has 212 valence electrons. The van der Waals surface area contributed by atoms with Crippen LogP contribution in [0.2, 0.25) is 0 Å². The predicted octanol–water partition coefficient (Wildman–Crippen LogP) is 2.38. The van der Waals surface area contributed by atoms with Crippen LogP contribution in [0.25, 0.3) is 11.1 Å². The van der Waals surface area contributed by atoms with E-state index in [2.05, 4.69) is 0 Å². The molecule has 0 bridgehead atoms. The van der Waals surface area contributed by atoms with E-state index < -0.39 is 11.2 Å². The molecule has 0 fully saturated rings. The molecule has 8 rings (SSSR count). The molecule has 2 unspecified atom stereocenters. The monoisotopic (exact) mass is 568 g/mol. The summed E-state index contributed by atoms with van der Waals surface area (Å²) >= 11 is 0. The first-order valence-electron chi connectivity index (χ1n) is 13.1. The lowest BCUT2D eigenvalue weighted by Crippen LogP contribution is -2.38. The number of aromatic hydroxyl groups is 4. The standard InChI is InChI=1S/2C16H12O5/c2*17-9-1-2-10-14(4-9)21-7-16(20)6-8-3-12(18)13(19)5-11(8)15(10)16/h2*1-5,18-20H,6-7H2. The van der Waals surface area contributed by atoms with Crippen molar-refractivity contribution in [3.63, 3.8) is 0 Å². The average Bonchev–Trinajstić information content (AvgIpc) is 3.39. The molecule has 0 saturated carbocycles. The SMILES string of the molecule is O=C1C=CC2=C3c4cc(O)c(O)cc4CC3(O)COC2=C1.O=C1C=CC2=C3c4cc(O)c(O)cc4CC3(O)COC2=C1. The Morgan fingerprint density at radius 3 is 1.36 bits per heavy atom. The van der Waals surface area contributed by atoms with E-state index in [-0.39, 0.29) is 47.8 Å². The van der Waals surface area contributed by atoms with E-state index >= 15 is 0 Å². The number of rotatable bonds is 0. The van der Waals surface area contributed by atoms with Crippen LogP contribution in [-0.4, -0.2) is 66.6 Å². The van der Waals surface area contributed by atoms with E-state index in [1.807, 2.05) is 0 Å². The normalized spacial score (nSPS) is 26.0. The Kier molecular flexibility index (Phi) is 5.37. The molecule has 0 saturated heterocycles. The summed E-state index contributed by atoms with van der Waals surface area (Å²) in [5.41, 5.74) is 2.98. The van der Waals surface area contributed by atoms with E-state index in [0.717, 1.165) is 11.1 Å². The summed E-state index contributed by atoms with van der Waals surface area (Å²) in [6, 6.07) is 5.79. The van der Waals surface area contributed by atoms with Crippen LogP contribution >= 0.6 is 0 Å². The summed E-state index contributed by atoms with van der Waals surface area (Å²) in [6.07, 6.45) is 9.44. The number of allylic oxidation sites excluding steroid dienone is 6. The maximum atomic E-state index is 11.4. The van der Waals surface area contributed by atoms with E-state index in [9.17, 15) is 40.2 Å². The molecule has 6 aliphatic rings. The number of hydrogen-bond acceptors (Lipinski definition) is 10. The highest BCUT2D eigenvalue weighted by Crippen LogP contribution is 2.51. The van der Waals surface area contributed by atoms with Crippen molar-refractivity contribution < 1.29 is 49.7 Å². The molecule has 2 atom stereocenters. The first-order valence-corrected chi connectivity index (χ1v) is 13.1. The van der Waals surface area contributed by atoms with Crippen molar-refractivity contribution >= 4 is 22.7 Å². The Bertz CT molecular complexity index is 1700. The number of hydrogen-bond donors (Lipinski definition) is 6. The van der Waals surface area contributed by atoms with Crippen molar-refractivity contribution in [2.24, 2.45) is 0 Å². The minimum absolute atomic E-state index is 0.0367. The van der Waals surface area contributed by atoms with Crippen molar-refractivity contribution in [1.82, 2.24) is 0 Å². The Labute approximate surface area is 238 Å². The minimum Gasteiger partial charge on any atom is -0.504 e. The predicted molar refractivity (Wildman–Crippen MR) is 147 cm³/mol. The van der Waals surface area contributed by atoms with Crippen LogP contribution in [0.5, 0.6) is 23.0 Å². The third-order valence-electron chi connectivity index (χ3n) is 8.21. The molecule has 0 spiro atoms. The zero-order valence-electron chi connectivity index (χ0n) is 21.9. The Balaban J connectivity index is 0.000000137. The van der Waals surface area contributed by atoms with Crippen molar-refractivity contribution in [2.75, 3.05) is 13.2 Å². The van der Waals surface area contributed by atoms with Gasteiger partial charge in [0, 0.05) is 47.3 Å². The molecule has 10 heteroatoms. The van der Waals surface area contributed by atoms with Crippen molar-refractivity contribution in [1.29, 1.82) is 0 Å². The lowest BCUT2D eigenvalue weighted by atomic mass is 9.86. The summed E-state index contributed by atoms with van der Waals surface area (Å²) < 4.78 is 11.0. The average molecular weight is 569 g/mol. The summed E-state index contributed by atoms with van der Waals surface area (Å²) in [6.45, 7) is 0.0734. The lowest BCUT2D eigenvalue weighted by Gasteiger charge is -2.33. The number of carbonyl (C=O) groups is 2. The molecule has 2 heterocycles. The highest BCUT2D eigenvalue weighted by molar-refractivity contribution is 6.05. The van der Waals surface area contributed by atoms with Gasteiger partial charge in [0.2, 0.25) is 0 Å². The summed E-state index contributed by atoms with van der Waals surface area (Å²) in [5.74, 6) is -0.360. The second-order valence-corrected chi connectivity index (χ2v) is 11.1. The van der Waals surface area contributed by atoms with Crippen LogP contribution in [0.3, 0.4) is 0 Å². The number of ether oxygens (including phenoxy) is 2. The molecule has 0 radical (unpaired) electrons. The van der Waals surface area contributed by atoms with E-state index in [4.69, 9.17) is 9.47 Å². The maximum Gasteiger partial charge on any atom is 0.182 e. The fraction of sp³-hybridized carbons (Fsp3) is 0.188. The van der Waals surface area contributed by atoms with Crippen molar-refractivity contribution in [3.05, 3.63) is 106 Å². The van der Waals surface area contributed by atoms with Gasteiger partial charge in [-0.25, -0.2) is 0 Å². The number of carbonyl (C=O) groups excluding carboxylic acids is 2. The van der Waals surface area contributed by atoms with Crippen molar-refractivity contribution in [2.45, 2.75) is 24.0 Å². The van der Waals surface area contributed by atoms with E-state index in [1.165, 1.54) is 48.6 Å². The second kappa shape index (κ2) is 8.72. The van der Waals surface area contributed by atoms with Crippen molar-refractivity contribution in [3.8, 4) is 23.0 Å². The molecule has 0 amide bonds. The van der Waals surface area contributed by atoms with Crippen LogP contribution in [0.1, 0.15) is 22.3 Å². The van der Waals surface area contributed by atoms with Crippen LogP contribution in [0.4, 0.5) is 0 Å². The van der Waals surface area contributed by atoms with Crippen LogP contribution < -0.4 is 0 Å². The van der Waals surface area contributed by atoms with Gasteiger partial charge < -0.3 is 40.1 Å². The summed E-state index contributed by atoms with van der Waals surface area (Å²) in [5, 5.41) is 60.3. The second-order valence-electron chi connectivity index (χ2n) is 11.1. The molecule has 4 aliphatic carbocycles. The number of benzene rings is 2. The van der Waals surface area contributed by atoms with E-state index in [0.29, 0.717) is 57.8 Å². The van der Waals surface area contributed by atoms with Gasteiger partial charge in [0.1, 0.15) is 35.9 Å². The maximum absolute atomic E-state index is 11.4. The summed E-state index contributed by atoms with van der Waals surface area (Å²) in [4.78, 5) is 22.9. The topological polar surface area (TPSA) is 174 Å². The first-order chi connectivity index (χ1) is 20.0. The number of phenols is 4. The fourth-order valence-corrected chi connectivity index (χ4v) is 6.40. The largest absolute Gasteiger partial charge is 0.504 e. The molecular formula is C32H24O10. The van der Waals surface area contributed by atoms with Gasteiger partial charge in [-0.2, -0.15) is 0 Å². The Morgan fingerprint density at radius 1 is 0.571 bits per heavy atom. The van der Waals surface area contributed by atoms with Gasteiger partial charge in [-0.05, 0) is 70.8 Å². The number of phenolic OH excluding ortho intramolecular Hbond substituents is 4. The molecule has 0 aromatic heterocycles. The molecule has 2 aliphatic heterocycles. The first kappa shape index (κ1) is 25.9. The number of fused-ring (bicyclic) bond motifs is 8. The number of aliphatic hydroxyl groups is 2. The third kappa shape index (κ3) is 3.80. The molecule has 2 aromatic rings. The van der Waals surface area contributed by atoms with Gasteiger partial charge in [-0.15, -0.1) is 0 Å². The molecule has 6 N–H and O–H groups in total. The zero-order valence-corrected chi connectivity index (χ0v) is 21.9. The van der Waals surface area contributed by atoms with Gasteiger partial charge in [0.05, 0.1) is 0 Å². The zero-order chi connectivity index (χ0) is 29.6. The van der Waals surface area contributed by atoms with Gasteiger partial charge >= 0.3 is 0 Å². The lowest BCUT2D eigenvalue weighted by molar-refractivity contribution is -0.111. The molecule has 10 nitrogen and oxygen atoms in total. The quantitative estimate of drug-likeness (QED) is 0.259. The Morgan fingerprint density at radius 2 is 0.952 bits per heavy atom.